The molecule has 0 amide bonds. The highest BCUT2D eigenvalue weighted by atomic mass is 14.7. The van der Waals surface area contributed by atoms with Crippen LogP contribution in [0.1, 0.15) is 84.9 Å². The lowest BCUT2D eigenvalue weighted by Crippen LogP contribution is -1.91. The van der Waals surface area contributed by atoms with Crippen LogP contribution >= 0.6 is 0 Å². The molecule has 1 aromatic rings. The molecule has 0 saturated heterocycles. The molecule has 0 aromatic heterocycles. The molecule has 2 nitrogen and oxygen atoms in total. The third-order valence-corrected chi connectivity index (χ3v) is 4.32. The van der Waals surface area contributed by atoms with Crippen LogP contribution in [0.4, 0.5) is 0 Å². The Balaban J connectivity index is -0.000000509. The van der Waals surface area contributed by atoms with E-state index in [0.29, 0.717) is 0 Å². The minimum Gasteiger partial charge on any atom is -0.296 e. The second-order valence-corrected chi connectivity index (χ2v) is 6.94. The first-order valence-corrected chi connectivity index (χ1v) is 12.1. The summed E-state index contributed by atoms with van der Waals surface area (Å²) in [5.41, 5.74) is 8.09. The zero-order chi connectivity index (χ0) is 26.2. The molecular weight excluding hydrogens is 400 g/mol. The molecule has 184 valence electrons. The van der Waals surface area contributed by atoms with Gasteiger partial charge in [-0.1, -0.05) is 95.8 Å². The van der Waals surface area contributed by atoms with Gasteiger partial charge in [-0.15, -0.1) is 0 Å². The van der Waals surface area contributed by atoms with Crippen LogP contribution in [0.2, 0.25) is 0 Å². The molecule has 0 aliphatic carbocycles. The molecule has 1 rings (SSSR count). The number of aliphatic imine (C=N–C) groups is 2. The second kappa shape index (κ2) is 23.9. The standard InChI is InChI=1S/C17H25N.C10H13N.2C2H6/c1-7-10-12-17(16(9-3)11-8-2)13-18-15(6)14(4)5;1-8-4-5-9(2)10(6-8)7-11-3;2*1-2/h7,9-11,13H,3-4,8,12H2,1-2,5-6H3;4-7H,1-3H3;2*1-2H3/b10-7-,16-11+,17-13+,18-15?;;;. The van der Waals surface area contributed by atoms with Gasteiger partial charge in [0.25, 0.3) is 0 Å². The number of hydrogen-bond donors (Lipinski definition) is 0. The van der Waals surface area contributed by atoms with E-state index >= 15 is 0 Å². The molecule has 0 saturated carbocycles. The van der Waals surface area contributed by atoms with E-state index in [1.165, 1.54) is 22.3 Å². The van der Waals surface area contributed by atoms with Gasteiger partial charge >= 0.3 is 0 Å². The van der Waals surface area contributed by atoms with E-state index in [-0.39, 0.29) is 0 Å². The monoisotopic (exact) mass is 450 g/mol. The summed E-state index contributed by atoms with van der Waals surface area (Å²) in [6, 6.07) is 6.37. The molecule has 0 aliphatic rings. The minimum atomic E-state index is 0.876. The van der Waals surface area contributed by atoms with Crippen LogP contribution in [0.25, 0.3) is 0 Å². The van der Waals surface area contributed by atoms with Crippen molar-refractivity contribution in [2.45, 2.75) is 82.1 Å². The lowest BCUT2D eigenvalue weighted by atomic mass is 10.0. The Morgan fingerprint density at radius 3 is 2.12 bits per heavy atom. The van der Waals surface area contributed by atoms with E-state index in [4.69, 9.17) is 0 Å². The number of nitrogens with zero attached hydrogens (tertiary/aromatic N) is 2. The van der Waals surface area contributed by atoms with Crippen molar-refractivity contribution in [2.75, 3.05) is 7.05 Å². The van der Waals surface area contributed by atoms with Crippen molar-refractivity contribution in [2.24, 2.45) is 9.98 Å². The topological polar surface area (TPSA) is 24.7 Å². The molecule has 0 fully saturated rings. The highest BCUT2D eigenvalue weighted by Crippen LogP contribution is 2.17. The van der Waals surface area contributed by atoms with Crippen LogP contribution in [0, 0.1) is 13.8 Å². The maximum atomic E-state index is 4.46. The summed E-state index contributed by atoms with van der Waals surface area (Å²) >= 11 is 0. The molecule has 1 aromatic carbocycles. The molecular formula is C31H50N2. The predicted octanol–water partition coefficient (Wildman–Crippen LogP) is 9.80. The van der Waals surface area contributed by atoms with E-state index in [1.807, 2.05) is 67.0 Å². The zero-order valence-electron chi connectivity index (χ0n) is 23.4. The lowest BCUT2D eigenvalue weighted by Gasteiger charge is -2.05. The number of allylic oxidation sites excluding steroid dienone is 7. The van der Waals surface area contributed by atoms with Crippen LogP contribution < -0.4 is 0 Å². The van der Waals surface area contributed by atoms with Crippen molar-refractivity contribution in [1.82, 2.24) is 0 Å². The number of aryl methyl sites for hydroxylation is 2. The molecule has 0 radical (unpaired) electrons. The largest absolute Gasteiger partial charge is 0.296 e. The van der Waals surface area contributed by atoms with Crippen LogP contribution in [0.5, 0.6) is 0 Å². The van der Waals surface area contributed by atoms with Gasteiger partial charge in [0.2, 0.25) is 0 Å². The van der Waals surface area contributed by atoms with Crippen LogP contribution in [-0.2, 0) is 0 Å². The first-order valence-electron chi connectivity index (χ1n) is 12.1. The van der Waals surface area contributed by atoms with Crippen LogP contribution in [0.3, 0.4) is 0 Å². The van der Waals surface area contributed by atoms with Crippen molar-refractivity contribution in [3.8, 4) is 0 Å². The van der Waals surface area contributed by atoms with Crippen molar-refractivity contribution < 1.29 is 0 Å². The number of benzene rings is 1. The highest BCUT2D eigenvalue weighted by Gasteiger charge is 1.99. The molecule has 0 N–H and O–H groups in total. The van der Waals surface area contributed by atoms with Gasteiger partial charge in [0.1, 0.15) is 0 Å². The molecule has 0 atom stereocenters. The zero-order valence-corrected chi connectivity index (χ0v) is 23.4. The van der Waals surface area contributed by atoms with Crippen LogP contribution in [0.15, 0.2) is 88.6 Å². The van der Waals surface area contributed by atoms with E-state index in [9.17, 15) is 0 Å². The van der Waals surface area contributed by atoms with Gasteiger partial charge in [0.15, 0.2) is 0 Å². The maximum Gasteiger partial charge on any atom is 0.0395 e. The van der Waals surface area contributed by atoms with E-state index in [1.54, 1.807) is 7.05 Å². The number of rotatable bonds is 8. The van der Waals surface area contributed by atoms with E-state index < -0.39 is 0 Å². The number of hydrogen-bond acceptors (Lipinski definition) is 2. The summed E-state index contributed by atoms with van der Waals surface area (Å²) in [7, 11) is 1.79. The predicted molar refractivity (Wildman–Crippen MR) is 156 cm³/mol. The Morgan fingerprint density at radius 2 is 1.67 bits per heavy atom. The van der Waals surface area contributed by atoms with Crippen LogP contribution in [-0.4, -0.2) is 19.0 Å². The fraction of sp³-hybridized carbons (Fsp3) is 0.419. The highest BCUT2D eigenvalue weighted by molar-refractivity contribution is 5.97. The third kappa shape index (κ3) is 17.5. The summed E-state index contributed by atoms with van der Waals surface area (Å²) in [6.45, 7) is 28.0. The minimum absolute atomic E-state index is 0.876. The molecule has 0 bridgehead atoms. The maximum absolute atomic E-state index is 4.46. The quantitative estimate of drug-likeness (QED) is 0.214. The van der Waals surface area contributed by atoms with Gasteiger partial charge in [0.05, 0.1) is 0 Å². The summed E-state index contributed by atoms with van der Waals surface area (Å²) in [4.78, 5) is 8.44. The van der Waals surface area contributed by atoms with Gasteiger partial charge in [-0.3, -0.25) is 9.98 Å². The van der Waals surface area contributed by atoms with Gasteiger partial charge in [-0.05, 0) is 75.3 Å². The lowest BCUT2D eigenvalue weighted by molar-refractivity contribution is 1.16. The van der Waals surface area contributed by atoms with Gasteiger partial charge in [0, 0.05) is 25.2 Å². The van der Waals surface area contributed by atoms with Gasteiger partial charge in [-0.25, -0.2) is 0 Å². The summed E-state index contributed by atoms with van der Waals surface area (Å²) in [6.07, 6.45) is 13.9. The van der Waals surface area contributed by atoms with Gasteiger partial charge < -0.3 is 0 Å². The first kappa shape index (κ1) is 34.9. The molecule has 33 heavy (non-hydrogen) atoms. The summed E-state index contributed by atoms with van der Waals surface area (Å²) in [5.74, 6) is 0. The summed E-state index contributed by atoms with van der Waals surface area (Å²) in [5, 5.41) is 0. The SMILES string of the molecule is C=CC(=C\CC)/C(=C/N=C(C)C(=C)C)C/C=C\C.CC.CC.CN=Cc1cc(C)ccc1C. The Hall–Kier alpha value is -2.74. The fourth-order valence-corrected chi connectivity index (χ4v) is 2.38. The van der Waals surface area contributed by atoms with E-state index in [2.05, 4.69) is 80.3 Å². The Kier molecular flexibility index (Phi) is 25.3. The first-order chi connectivity index (χ1) is 15.8. The van der Waals surface area contributed by atoms with Gasteiger partial charge in [-0.2, -0.15) is 0 Å². The third-order valence-electron chi connectivity index (χ3n) is 4.32. The second-order valence-electron chi connectivity index (χ2n) is 6.94. The Morgan fingerprint density at radius 1 is 1.06 bits per heavy atom. The molecule has 0 aliphatic heterocycles. The van der Waals surface area contributed by atoms with Crippen molar-refractivity contribution in [3.05, 3.63) is 95.3 Å². The smallest absolute Gasteiger partial charge is 0.0395 e. The molecule has 0 unspecified atom stereocenters. The molecule has 0 heterocycles. The Labute approximate surface area is 206 Å². The van der Waals surface area contributed by atoms with Crippen molar-refractivity contribution >= 4 is 11.9 Å². The molecule has 2 heteroatoms. The van der Waals surface area contributed by atoms with Crippen molar-refractivity contribution in [1.29, 1.82) is 0 Å². The average molecular weight is 451 g/mol. The fourth-order valence-electron chi connectivity index (χ4n) is 2.38. The van der Waals surface area contributed by atoms with E-state index in [0.717, 1.165) is 29.7 Å². The Bertz CT molecular complexity index is 815. The summed E-state index contributed by atoms with van der Waals surface area (Å²) < 4.78 is 0. The van der Waals surface area contributed by atoms with Crippen molar-refractivity contribution in [3.63, 3.8) is 0 Å². The molecule has 0 spiro atoms. The normalized spacial score (nSPS) is 11.7. The average Bonchev–Trinajstić information content (AvgIpc) is 2.83.